The van der Waals surface area contributed by atoms with Crippen molar-refractivity contribution in [3.05, 3.63) is 30.2 Å². The maximum Gasteiger partial charge on any atom is 0.286 e. The second-order valence-electron chi connectivity index (χ2n) is 5.76. The van der Waals surface area contributed by atoms with Crippen molar-refractivity contribution in [2.45, 2.75) is 12.8 Å². The van der Waals surface area contributed by atoms with Crippen molar-refractivity contribution in [3.63, 3.8) is 0 Å². The lowest BCUT2D eigenvalue weighted by atomic mass is 10.2. The molecule has 3 heterocycles. The molecule has 0 bridgehead atoms. The fraction of sp³-hybridized carbons (Fsp3) is 0.400. The fourth-order valence-corrected chi connectivity index (χ4v) is 2.68. The van der Waals surface area contributed by atoms with Crippen LogP contribution in [-0.4, -0.2) is 41.1 Å². The summed E-state index contributed by atoms with van der Waals surface area (Å²) in [7, 11) is 0. The van der Waals surface area contributed by atoms with Crippen molar-refractivity contribution in [1.29, 1.82) is 0 Å². The number of alkyl halides is 2. The van der Waals surface area contributed by atoms with Crippen molar-refractivity contribution in [2.75, 3.05) is 47.4 Å². The Morgan fingerprint density at radius 1 is 1.00 bits per heavy atom. The van der Waals surface area contributed by atoms with Gasteiger partial charge in [-0.3, -0.25) is 4.98 Å². The van der Waals surface area contributed by atoms with Gasteiger partial charge in [-0.25, -0.2) is 4.98 Å². The Bertz CT molecular complexity index is 707. The summed E-state index contributed by atoms with van der Waals surface area (Å²) in [5.74, 6) is -2.43. The summed E-state index contributed by atoms with van der Waals surface area (Å²) in [5, 5.41) is 0. The molecule has 0 radical (unpaired) electrons. The van der Waals surface area contributed by atoms with Crippen LogP contribution in [0.4, 0.5) is 31.9 Å². The number of aromatic nitrogens is 3. The molecule has 0 aliphatic carbocycles. The van der Waals surface area contributed by atoms with Gasteiger partial charge in [0.1, 0.15) is 5.69 Å². The highest BCUT2D eigenvalue weighted by molar-refractivity contribution is 5.64. The number of rotatable bonds is 3. The van der Waals surface area contributed by atoms with Crippen molar-refractivity contribution in [3.8, 4) is 0 Å². The lowest BCUT2D eigenvalue weighted by molar-refractivity contribution is 0.0128. The normalized spacial score (nSPS) is 15.6. The van der Waals surface area contributed by atoms with Gasteiger partial charge >= 0.3 is 0 Å². The van der Waals surface area contributed by atoms with Crippen LogP contribution in [0.25, 0.3) is 0 Å². The minimum atomic E-state index is -2.93. The molecule has 0 atom stereocenters. The van der Waals surface area contributed by atoms with Gasteiger partial charge in [0.05, 0.1) is 23.8 Å². The summed E-state index contributed by atoms with van der Waals surface area (Å²) in [6.07, 6.45) is 3.11. The first kappa shape index (κ1) is 16.2. The molecule has 0 aromatic carbocycles. The number of halogens is 2. The molecule has 0 spiro atoms. The molecule has 1 saturated heterocycles. The predicted octanol–water partition coefficient (Wildman–Crippen LogP) is 1.47. The van der Waals surface area contributed by atoms with Crippen LogP contribution in [0.5, 0.6) is 0 Å². The van der Waals surface area contributed by atoms with E-state index in [-0.39, 0.29) is 11.6 Å². The van der Waals surface area contributed by atoms with Crippen LogP contribution >= 0.6 is 0 Å². The molecule has 2 aromatic heterocycles. The standard InChI is InChI=1S/C15H19F2N7/c1-15(16,17)12-3-2-10(8-20-12)23-4-6-24(7-5-23)11-9-21-14(19)22-13(11)18/h2-3,8-9H,4-7H2,1H3,(H4,18,19,21,22). The summed E-state index contributed by atoms with van der Waals surface area (Å²) in [6.45, 7) is 3.69. The Morgan fingerprint density at radius 3 is 2.21 bits per heavy atom. The number of piperazine rings is 1. The quantitative estimate of drug-likeness (QED) is 0.876. The third kappa shape index (κ3) is 3.29. The smallest absolute Gasteiger partial charge is 0.286 e. The molecule has 4 N–H and O–H groups in total. The Hall–Kier alpha value is -2.71. The highest BCUT2D eigenvalue weighted by Crippen LogP contribution is 2.27. The molecule has 0 unspecified atom stereocenters. The fourth-order valence-electron chi connectivity index (χ4n) is 2.68. The van der Waals surface area contributed by atoms with E-state index in [1.807, 2.05) is 0 Å². The molecule has 0 amide bonds. The van der Waals surface area contributed by atoms with Crippen LogP contribution in [-0.2, 0) is 5.92 Å². The maximum atomic E-state index is 13.2. The summed E-state index contributed by atoms with van der Waals surface area (Å²) in [6, 6.07) is 3.05. The largest absolute Gasteiger partial charge is 0.382 e. The first-order chi connectivity index (χ1) is 11.3. The summed E-state index contributed by atoms with van der Waals surface area (Å²) in [5.41, 5.74) is 12.7. The van der Waals surface area contributed by atoms with Gasteiger partial charge in [-0.2, -0.15) is 13.8 Å². The zero-order valence-electron chi connectivity index (χ0n) is 13.3. The summed E-state index contributed by atoms with van der Waals surface area (Å²) in [4.78, 5) is 16.0. The third-order valence-electron chi connectivity index (χ3n) is 4.00. The second-order valence-corrected chi connectivity index (χ2v) is 5.76. The van der Waals surface area contributed by atoms with Crippen LogP contribution in [0.2, 0.25) is 0 Å². The molecule has 2 aromatic rings. The molecule has 1 aliphatic rings. The highest BCUT2D eigenvalue weighted by atomic mass is 19.3. The van der Waals surface area contributed by atoms with E-state index in [9.17, 15) is 8.78 Å². The molecule has 9 heteroatoms. The first-order valence-corrected chi connectivity index (χ1v) is 7.57. The van der Waals surface area contributed by atoms with Gasteiger partial charge in [0.15, 0.2) is 5.82 Å². The van der Waals surface area contributed by atoms with E-state index in [0.717, 1.165) is 18.3 Å². The predicted molar refractivity (Wildman–Crippen MR) is 89.1 cm³/mol. The van der Waals surface area contributed by atoms with Gasteiger partial charge in [0, 0.05) is 33.1 Å². The summed E-state index contributed by atoms with van der Waals surface area (Å²) >= 11 is 0. The number of nitrogen functional groups attached to an aromatic ring is 2. The molecular weight excluding hydrogens is 316 g/mol. The minimum absolute atomic E-state index is 0.147. The topological polar surface area (TPSA) is 97.2 Å². The SMILES string of the molecule is CC(F)(F)c1ccc(N2CCN(c3cnc(N)nc3N)CC2)cn1. The minimum Gasteiger partial charge on any atom is -0.382 e. The van der Waals surface area contributed by atoms with Crippen LogP contribution in [0.15, 0.2) is 24.5 Å². The maximum absolute atomic E-state index is 13.2. The molecule has 24 heavy (non-hydrogen) atoms. The average molecular weight is 335 g/mol. The lowest BCUT2D eigenvalue weighted by Gasteiger charge is -2.37. The Kier molecular flexibility index (Phi) is 4.08. The third-order valence-corrected chi connectivity index (χ3v) is 4.00. The van der Waals surface area contributed by atoms with E-state index < -0.39 is 5.92 Å². The molecule has 128 valence electrons. The van der Waals surface area contributed by atoms with Gasteiger partial charge < -0.3 is 21.3 Å². The van der Waals surface area contributed by atoms with E-state index in [2.05, 4.69) is 24.8 Å². The Morgan fingerprint density at radius 2 is 1.67 bits per heavy atom. The highest BCUT2D eigenvalue weighted by Gasteiger charge is 2.26. The first-order valence-electron chi connectivity index (χ1n) is 7.57. The molecule has 1 fully saturated rings. The molecule has 7 nitrogen and oxygen atoms in total. The van der Waals surface area contributed by atoms with Gasteiger partial charge in [-0.1, -0.05) is 0 Å². The molecular formula is C15H19F2N7. The van der Waals surface area contributed by atoms with Gasteiger partial charge in [-0.05, 0) is 12.1 Å². The number of pyridine rings is 1. The second kappa shape index (κ2) is 6.06. The van der Waals surface area contributed by atoms with Gasteiger partial charge in [-0.15, -0.1) is 0 Å². The molecule has 0 saturated carbocycles. The lowest BCUT2D eigenvalue weighted by Crippen LogP contribution is -2.47. The van der Waals surface area contributed by atoms with Crippen molar-refractivity contribution < 1.29 is 8.78 Å². The molecule has 1 aliphatic heterocycles. The molecule has 3 rings (SSSR count). The Labute approximate surface area is 138 Å². The van der Waals surface area contributed by atoms with E-state index in [1.54, 1.807) is 12.3 Å². The van der Waals surface area contributed by atoms with E-state index in [0.29, 0.717) is 32.0 Å². The Balaban J connectivity index is 1.66. The number of nitrogens with zero attached hydrogens (tertiary/aromatic N) is 5. The van der Waals surface area contributed by atoms with Gasteiger partial charge in [0.2, 0.25) is 5.95 Å². The number of nitrogens with two attached hydrogens (primary N) is 2. The van der Waals surface area contributed by atoms with Gasteiger partial charge in [0.25, 0.3) is 5.92 Å². The van der Waals surface area contributed by atoms with E-state index in [1.165, 1.54) is 12.3 Å². The zero-order chi connectivity index (χ0) is 17.3. The van der Waals surface area contributed by atoms with Crippen molar-refractivity contribution in [2.24, 2.45) is 0 Å². The number of anilines is 4. The van der Waals surface area contributed by atoms with E-state index >= 15 is 0 Å². The van der Waals surface area contributed by atoms with Crippen LogP contribution < -0.4 is 21.3 Å². The summed E-state index contributed by atoms with van der Waals surface area (Å²) < 4.78 is 26.4. The van der Waals surface area contributed by atoms with Crippen molar-refractivity contribution >= 4 is 23.1 Å². The monoisotopic (exact) mass is 335 g/mol. The number of hydrogen-bond donors (Lipinski definition) is 2. The number of hydrogen-bond acceptors (Lipinski definition) is 7. The zero-order valence-corrected chi connectivity index (χ0v) is 13.3. The van der Waals surface area contributed by atoms with Crippen LogP contribution in [0.1, 0.15) is 12.6 Å². The van der Waals surface area contributed by atoms with Crippen LogP contribution in [0.3, 0.4) is 0 Å². The van der Waals surface area contributed by atoms with Crippen LogP contribution in [0, 0.1) is 0 Å². The average Bonchev–Trinajstić information content (AvgIpc) is 2.54. The van der Waals surface area contributed by atoms with E-state index in [4.69, 9.17) is 11.5 Å². The van der Waals surface area contributed by atoms with Crippen molar-refractivity contribution in [1.82, 2.24) is 15.0 Å².